The minimum Gasteiger partial charge on any atom is -0.467 e. The van der Waals surface area contributed by atoms with Crippen LogP contribution >= 0.6 is 0 Å². The molecular formula is C13H13F5N4O3S. The van der Waals surface area contributed by atoms with Gasteiger partial charge in [-0.2, -0.15) is 0 Å². The Morgan fingerprint density at radius 2 is 1.54 bits per heavy atom. The number of methoxy groups -OCH3 is 1. The molecule has 0 aliphatic rings. The molecule has 7 nitrogen and oxygen atoms in total. The van der Waals surface area contributed by atoms with Crippen molar-refractivity contribution in [3.8, 4) is 6.01 Å². The number of nitrogens with zero attached hydrogens (tertiary/aromatic N) is 3. The molecule has 1 atom stereocenters. The monoisotopic (exact) mass is 400 g/mol. The Morgan fingerprint density at radius 1 is 1.04 bits per heavy atom. The maximum Gasteiger partial charge on any atom is 0.316 e. The summed E-state index contributed by atoms with van der Waals surface area (Å²) in [5.74, 6) is -12.1. The molecule has 0 spiro atoms. The molecule has 1 aromatic carbocycles. The molecule has 1 aromatic heterocycles. The molecule has 0 bridgehead atoms. The molecule has 0 saturated carbocycles. The Bertz CT molecular complexity index is 919. The highest BCUT2D eigenvalue weighted by Crippen LogP contribution is 2.28. The summed E-state index contributed by atoms with van der Waals surface area (Å²) in [5.41, 5.74) is 0. The van der Waals surface area contributed by atoms with Crippen LogP contribution in [0.2, 0.25) is 0 Å². The Labute approximate surface area is 144 Å². The van der Waals surface area contributed by atoms with Crippen molar-refractivity contribution in [2.75, 3.05) is 7.11 Å². The zero-order valence-electron chi connectivity index (χ0n) is 13.6. The van der Waals surface area contributed by atoms with E-state index in [-0.39, 0.29) is 18.4 Å². The standard InChI is InChI=1S/C13H13F5N4O3S/c1-4-22-12(19-20-13(22)25-3)5(2)21-26(23,24)11-9(17)7(15)6(14)8(16)10(11)18/h5,21H,4H2,1-3H3/t5-/m1/s1. The highest BCUT2D eigenvalue weighted by Gasteiger charge is 2.35. The van der Waals surface area contributed by atoms with Crippen LogP contribution in [0.25, 0.3) is 0 Å². The average molecular weight is 400 g/mol. The van der Waals surface area contributed by atoms with Crippen LogP contribution in [0.4, 0.5) is 22.0 Å². The van der Waals surface area contributed by atoms with Crippen LogP contribution in [-0.2, 0) is 16.6 Å². The summed E-state index contributed by atoms with van der Waals surface area (Å²) in [5, 5.41) is 7.34. The zero-order chi connectivity index (χ0) is 19.8. The summed E-state index contributed by atoms with van der Waals surface area (Å²) in [6.07, 6.45) is 0. The molecule has 144 valence electrons. The normalized spacial score (nSPS) is 13.1. The van der Waals surface area contributed by atoms with Gasteiger partial charge in [-0.3, -0.25) is 4.57 Å². The molecule has 0 amide bonds. The lowest BCUT2D eigenvalue weighted by Gasteiger charge is -2.16. The third-order valence-corrected chi connectivity index (χ3v) is 4.96. The molecule has 2 aromatic rings. The van der Waals surface area contributed by atoms with E-state index >= 15 is 0 Å². The van der Waals surface area contributed by atoms with Crippen molar-refractivity contribution in [2.24, 2.45) is 0 Å². The van der Waals surface area contributed by atoms with Gasteiger partial charge in [0.1, 0.15) is 0 Å². The number of ether oxygens (including phenoxy) is 1. The van der Waals surface area contributed by atoms with Crippen LogP contribution in [0.1, 0.15) is 25.7 Å². The Balaban J connectivity index is 2.49. The number of nitrogens with one attached hydrogen (secondary N) is 1. The molecule has 0 fully saturated rings. The summed E-state index contributed by atoms with van der Waals surface area (Å²) < 4.78 is 99.6. The van der Waals surface area contributed by atoms with Crippen LogP contribution < -0.4 is 9.46 Å². The summed E-state index contributed by atoms with van der Waals surface area (Å²) in [6.45, 7) is 3.18. The fourth-order valence-electron chi connectivity index (χ4n) is 2.23. The van der Waals surface area contributed by atoms with Crippen molar-refractivity contribution in [1.82, 2.24) is 19.5 Å². The maximum absolute atomic E-state index is 13.8. The molecule has 0 aliphatic carbocycles. The van der Waals surface area contributed by atoms with E-state index in [2.05, 4.69) is 10.2 Å². The largest absolute Gasteiger partial charge is 0.467 e. The first-order chi connectivity index (χ1) is 12.1. The highest BCUT2D eigenvalue weighted by atomic mass is 32.2. The van der Waals surface area contributed by atoms with Crippen molar-refractivity contribution < 1.29 is 35.1 Å². The lowest BCUT2D eigenvalue weighted by Crippen LogP contribution is -2.31. The van der Waals surface area contributed by atoms with Crippen LogP contribution in [0, 0.1) is 29.1 Å². The first-order valence-electron chi connectivity index (χ1n) is 7.07. The quantitative estimate of drug-likeness (QED) is 0.456. The number of benzene rings is 1. The molecule has 0 aliphatic heterocycles. The van der Waals surface area contributed by atoms with Gasteiger partial charge in [0.2, 0.25) is 15.8 Å². The smallest absolute Gasteiger partial charge is 0.316 e. The molecule has 0 radical (unpaired) electrons. The van der Waals surface area contributed by atoms with Crippen molar-refractivity contribution in [1.29, 1.82) is 0 Å². The second kappa shape index (κ2) is 7.15. The molecule has 0 saturated heterocycles. The van der Waals surface area contributed by atoms with Gasteiger partial charge >= 0.3 is 6.01 Å². The first-order valence-corrected chi connectivity index (χ1v) is 8.55. The van der Waals surface area contributed by atoms with Gasteiger partial charge in [0.25, 0.3) is 0 Å². The van der Waals surface area contributed by atoms with E-state index < -0.39 is 50.0 Å². The molecule has 1 N–H and O–H groups in total. The second-order valence-electron chi connectivity index (χ2n) is 5.03. The van der Waals surface area contributed by atoms with Gasteiger partial charge in [-0.05, 0) is 13.8 Å². The van der Waals surface area contributed by atoms with Crippen molar-refractivity contribution in [3.63, 3.8) is 0 Å². The summed E-state index contributed by atoms with van der Waals surface area (Å²) in [7, 11) is -3.83. The Kier molecular flexibility index (Phi) is 5.51. The van der Waals surface area contributed by atoms with Gasteiger partial charge in [-0.15, -0.1) is 5.10 Å². The van der Waals surface area contributed by atoms with Gasteiger partial charge in [-0.1, -0.05) is 5.10 Å². The fraction of sp³-hybridized carbons (Fsp3) is 0.385. The van der Waals surface area contributed by atoms with Gasteiger partial charge in [-0.25, -0.2) is 35.1 Å². The highest BCUT2D eigenvalue weighted by molar-refractivity contribution is 7.89. The predicted molar refractivity (Wildman–Crippen MR) is 77.2 cm³/mol. The molecule has 13 heteroatoms. The van der Waals surface area contributed by atoms with Crippen molar-refractivity contribution >= 4 is 10.0 Å². The van der Waals surface area contributed by atoms with Gasteiger partial charge < -0.3 is 4.74 Å². The SMILES string of the molecule is CCn1c(OC)nnc1[C@@H](C)NS(=O)(=O)c1c(F)c(F)c(F)c(F)c1F. The molecular weight excluding hydrogens is 387 g/mol. The van der Waals surface area contributed by atoms with E-state index in [1.54, 1.807) is 6.92 Å². The molecule has 26 heavy (non-hydrogen) atoms. The minimum absolute atomic E-state index is 0.0109. The second-order valence-corrected chi connectivity index (χ2v) is 6.68. The summed E-state index contributed by atoms with van der Waals surface area (Å²) >= 11 is 0. The third kappa shape index (κ3) is 3.23. The molecule has 1 heterocycles. The van der Waals surface area contributed by atoms with Crippen molar-refractivity contribution in [3.05, 3.63) is 34.9 Å². The first kappa shape index (κ1) is 20.0. The van der Waals surface area contributed by atoms with Crippen LogP contribution in [0.5, 0.6) is 6.01 Å². The van der Waals surface area contributed by atoms with Crippen LogP contribution in [0.15, 0.2) is 4.90 Å². The van der Waals surface area contributed by atoms with Gasteiger partial charge in [0.05, 0.1) is 13.2 Å². The Morgan fingerprint density at radius 3 is 2.00 bits per heavy atom. The van der Waals surface area contributed by atoms with Crippen molar-refractivity contribution in [2.45, 2.75) is 31.3 Å². The maximum atomic E-state index is 13.8. The number of aromatic nitrogens is 3. The number of hydrogen-bond acceptors (Lipinski definition) is 5. The van der Waals surface area contributed by atoms with Crippen LogP contribution in [0.3, 0.4) is 0 Å². The molecule has 2 rings (SSSR count). The summed E-state index contributed by atoms with van der Waals surface area (Å²) in [6, 6.07) is -1.17. The fourth-order valence-corrected chi connectivity index (χ4v) is 3.57. The van der Waals surface area contributed by atoms with E-state index in [0.29, 0.717) is 0 Å². The van der Waals surface area contributed by atoms with E-state index in [0.717, 1.165) is 0 Å². The summed E-state index contributed by atoms with van der Waals surface area (Å²) in [4.78, 5) is -1.98. The van der Waals surface area contributed by atoms with Gasteiger partial charge in [0, 0.05) is 6.54 Å². The topological polar surface area (TPSA) is 86.1 Å². The number of hydrogen-bond donors (Lipinski definition) is 1. The van der Waals surface area contributed by atoms with E-state index in [9.17, 15) is 30.4 Å². The minimum atomic E-state index is -5.12. The lowest BCUT2D eigenvalue weighted by molar-refractivity contribution is 0.353. The van der Waals surface area contributed by atoms with E-state index in [1.165, 1.54) is 18.6 Å². The lowest BCUT2D eigenvalue weighted by atomic mass is 10.3. The Hall–Kier alpha value is -2.28. The van der Waals surface area contributed by atoms with E-state index in [4.69, 9.17) is 4.74 Å². The van der Waals surface area contributed by atoms with E-state index in [1.807, 2.05) is 4.72 Å². The third-order valence-electron chi connectivity index (χ3n) is 3.40. The molecule has 0 unspecified atom stereocenters. The average Bonchev–Trinajstić information content (AvgIpc) is 3.00. The zero-order valence-corrected chi connectivity index (χ0v) is 14.5. The number of sulfonamides is 1. The predicted octanol–water partition coefficient (Wildman–Crippen LogP) is 2.04. The van der Waals surface area contributed by atoms with Crippen LogP contribution in [-0.4, -0.2) is 30.3 Å². The number of rotatable bonds is 6. The van der Waals surface area contributed by atoms with Gasteiger partial charge in [0.15, 0.2) is 34.0 Å². The number of halogens is 5.